The molecule has 0 amide bonds. The van der Waals surface area contributed by atoms with Gasteiger partial charge in [-0.3, -0.25) is 4.79 Å². The van der Waals surface area contributed by atoms with E-state index in [1.54, 1.807) is 11.9 Å². The van der Waals surface area contributed by atoms with Crippen molar-refractivity contribution in [3.05, 3.63) is 21.6 Å². The van der Waals surface area contributed by atoms with Crippen molar-refractivity contribution in [2.75, 3.05) is 32.1 Å². The van der Waals surface area contributed by atoms with Gasteiger partial charge in [0.05, 0.1) is 11.9 Å². The molecule has 5 nitrogen and oxygen atoms in total. The van der Waals surface area contributed by atoms with Crippen molar-refractivity contribution in [1.82, 2.24) is 15.1 Å². The molecule has 0 aliphatic rings. The number of hydrogen-bond acceptors (Lipinski definition) is 4. The monoisotopic (exact) mass is 312 g/mol. The summed E-state index contributed by atoms with van der Waals surface area (Å²) in [4.78, 5) is 13.4. The first-order valence-electron chi connectivity index (χ1n) is 5.94. The van der Waals surface area contributed by atoms with E-state index < -0.39 is 18.3 Å². The topological polar surface area (TPSA) is 50.2 Å². The van der Waals surface area contributed by atoms with E-state index in [0.717, 1.165) is 13.0 Å². The molecule has 1 N–H and O–H groups in total. The van der Waals surface area contributed by atoms with Gasteiger partial charge in [0.1, 0.15) is 11.6 Å². The minimum atomic E-state index is -4.51. The Labute approximate surface area is 119 Å². The summed E-state index contributed by atoms with van der Waals surface area (Å²) < 4.78 is 37.1. The van der Waals surface area contributed by atoms with Crippen LogP contribution >= 0.6 is 11.6 Å². The van der Waals surface area contributed by atoms with Gasteiger partial charge in [0, 0.05) is 13.6 Å². The molecule has 1 rings (SSSR count). The maximum Gasteiger partial charge on any atom is 0.408 e. The van der Waals surface area contributed by atoms with Crippen LogP contribution in [0.4, 0.5) is 18.9 Å². The van der Waals surface area contributed by atoms with Gasteiger partial charge in [-0.15, -0.1) is 0 Å². The second-order valence-corrected chi connectivity index (χ2v) is 4.68. The van der Waals surface area contributed by atoms with E-state index in [-0.39, 0.29) is 5.02 Å². The second kappa shape index (κ2) is 6.94. The summed E-state index contributed by atoms with van der Waals surface area (Å²) in [6.07, 6.45) is -2.54. The fraction of sp³-hybridized carbons (Fsp3) is 0.636. The quantitative estimate of drug-likeness (QED) is 0.809. The maximum absolute atomic E-state index is 12.3. The summed E-state index contributed by atoms with van der Waals surface area (Å²) in [5.74, 6) is 0. The molecule has 1 aromatic heterocycles. The fourth-order valence-electron chi connectivity index (χ4n) is 1.62. The Morgan fingerprint density at radius 3 is 2.70 bits per heavy atom. The first-order chi connectivity index (χ1) is 9.26. The summed E-state index contributed by atoms with van der Waals surface area (Å²) in [5, 5.41) is 6.23. The molecule has 1 heterocycles. The molecule has 9 heteroatoms. The Kier molecular flexibility index (Phi) is 5.82. The van der Waals surface area contributed by atoms with Crippen LogP contribution in [0.2, 0.25) is 5.02 Å². The van der Waals surface area contributed by atoms with Crippen LogP contribution < -0.4 is 15.8 Å². The number of anilines is 1. The lowest BCUT2D eigenvalue weighted by Crippen LogP contribution is -2.32. The normalized spacial score (nSPS) is 11.7. The molecule has 0 saturated carbocycles. The zero-order chi connectivity index (χ0) is 15.3. The van der Waals surface area contributed by atoms with E-state index >= 15 is 0 Å². The van der Waals surface area contributed by atoms with E-state index in [2.05, 4.69) is 10.4 Å². The molecule has 0 fully saturated rings. The Hall–Kier alpha value is -1.28. The van der Waals surface area contributed by atoms with Gasteiger partial charge in [-0.05, 0) is 20.0 Å². The molecule has 0 aliphatic carbocycles. The number of rotatable bonds is 6. The molecule has 0 aliphatic heterocycles. The van der Waals surface area contributed by atoms with Crippen molar-refractivity contribution in [3.8, 4) is 0 Å². The number of hydrogen-bond donors (Lipinski definition) is 1. The SMILES string of the molecule is CNCCCN(C)c1cnn(CC(F)(F)F)c(=O)c1Cl. The van der Waals surface area contributed by atoms with Crippen molar-refractivity contribution in [1.29, 1.82) is 0 Å². The highest BCUT2D eigenvalue weighted by Crippen LogP contribution is 2.21. The van der Waals surface area contributed by atoms with Gasteiger partial charge >= 0.3 is 6.18 Å². The smallest absolute Gasteiger partial charge is 0.372 e. The molecule has 0 unspecified atom stereocenters. The van der Waals surface area contributed by atoms with Gasteiger partial charge in [0.25, 0.3) is 5.56 Å². The Bertz CT molecular complexity index is 503. The number of halogens is 4. The summed E-state index contributed by atoms with van der Waals surface area (Å²) in [6.45, 7) is -0.0687. The van der Waals surface area contributed by atoms with E-state index in [1.165, 1.54) is 6.20 Å². The van der Waals surface area contributed by atoms with Gasteiger partial charge in [-0.2, -0.15) is 18.3 Å². The third kappa shape index (κ3) is 4.68. The molecular formula is C11H16ClF3N4O. The number of aromatic nitrogens is 2. The molecule has 0 aromatic carbocycles. The Morgan fingerprint density at radius 2 is 2.15 bits per heavy atom. The van der Waals surface area contributed by atoms with Gasteiger partial charge < -0.3 is 10.2 Å². The van der Waals surface area contributed by atoms with Crippen LogP contribution in [0.1, 0.15) is 6.42 Å². The van der Waals surface area contributed by atoms with Gasteiger partial charge in [-0.1, -0.05) is 11.6 Å². The average Bonchev–Trinajstić information content (AvgIpc) is 2.34. The van der Waals surface area contributed by atoms with Crippen LogP contribution in [0, 0.1) is 0 Å². The van der Waals surface area contributed by atoms with E-state index in [4.69, 9.17) is 11.6 Å². The number of nitrogens with one attached hydrogen (secondary N) is 1. The molecule has 0 atom stereocenters. The van der Waals surface area contributed by atoms with E-state index in [9.17, 15) is 18.0 Å². The third-order valence-electron chi connectivity index (χ3n) is 2.63. The molecule has 0 bridgehead atoms. The molecule has 0 radical (unpaired) electrons. The van der Waals surface area contributed by atoms with Crippen LogP contribution in [-0.2, 0) is 6.54 Å². The zero-order valence-corrected chi connectivity index (χ0v) is 11.9. The highest BCUT2D eigenvalue weighted by Gasteiger charge is 2.30. The summed E-state index contributed by atoms with van der Waals surface area (Å²) in [5.41, 5.74) is -0.617. The highest BCUT2D eigenvalue weighted by atomic mass is 35.5. The number of alkyl halides is 3. The molecule has 1 aromatic rings. The highest BCUT2D eigenvalue weighted by molar-refractivity contribution is 6.33. The van der Waals surface area contributed by atoms with Crippen molar-refractivity contribution in [2.24, 2.45) is 0 Å². The first-order valence-corrected chi connectivity index (χ1v) is 6.32. The predicted molar refractivity (Wildman–Crippen MR) is 71.4 cm³/mol. The minimum absolute atomic E-state index is 0.254. The van der Waals surface area contributed by atoms with Gasteiger partial charge in [0.15, 0.2) is 0 Å². The lowest BCUT2D eigenvalue weighted by Gasteiger charge is -2.20. The molecule has 20 heavy (non-hydrogen) atoms. The van der Waals surface area contributed by atoms with Crippen LogP contribution in [0.15, 0.2) is 11.0 Å². The zero-order valence-electron chi connectivity index (χ0n) is 11.2. The Morgan fingerprint density at radius 1 is 1.50 bits per heavy atom. The van der Waals surface area contributed by atoms with Gasteiger partial charge in [-0.25, -0.2) is 4.68 Å². The molecule has 0 saturated heterocycles. The van der Waals surface area contributed by atoms with Crippen LogP contribution in [0.25, 0.3) is 0 Å². The standard InChI is InChI=1S/C11H16ClF3N4O/c1-16-4-3-5-18(2)8-6-17-19(7-11(13,14)15)10(20)9(8)12/h6,16H,3-5,7H2,1-2H3. The predicted octanol–water partition coefficient (Wildman–Crippen LogP) is 1.50. The van der Waals surface area contributed by atoms with Gasteiger partial charge in [0.2, 0.25) is 0 Å². The van der Waals surface area contributed by atoms with E-state index in [1.807, 2.05) is 7.05 Å². The van der Waals surface area contributed by atoms with Crippen LogP contribution in [0.5, 0.6) is 0 Å². The second-order valence-electron chi connectivity index (χ2n) is 4.30. The van der Waals surface area contributed by atoms with Crippen LogP contribution in [0.3, 0.4) is 0 Å². The summed E-state index contributed by atoms with van der Waals surface area (Å²) in [7, 11) is 3.51. The van der Waals surface area contributed by atoms with Crippen molar-refractivity contribution in [3.63, 3.8) is 0 Å². The minimum Gasteiger partial charge on any atom is -0.372 e. The lowest BCUT2D eigenvalue weighted by atomic mass is 10.3. The molecule has 114 valence electrons. The number of nitrogens with zero attached hydrogens (tertiary/aromatic N) is 3. The molecule has 0 spiro atoms. The largest absolute Gasteiger partial charge is 0.408 e. The van der Waals surface area contributed by atoms with Crippen molar-refractivity contribution in [2.45, 2.75) is 19.1 Å². The maximum atomic E-state index is 12.3. The average molecular weight is 313 g/mol. The van der Waals surface area contributed by atoms with Crippen LogP contribution in [-0.4, -0.2) is 43.1 Å². The third-order valence-corrected chi connectivity index (χ3v) is 2.98. The lowest BCUT2D eigenvalue weighted by molar-refractivity contribution is -0.143. The first kappa shape index (κ1) is 16.8. The van der Waals surface area contributed by atoms with Crippen molar-refractivity contribution < 1.29 is 13.2 Å². The molecular weight excluding hydrogens is 297 g/mol. The summed E-state index contributed by atoms with van der Waals surface area (Å²) in [6, 6.07) is 0. The fourth-order valence-corrected chi connectivity index (χ4v) is 1.91. The summed E-state index contributed by atoms with van der Waals surface area (Å²) >= 11 is 5.84. The Balaban J connectivity index is 2.91. The van der Waals surface area contributed by atoms with E-state index in [0.29, 0.717) is 16.9 Å². The van der Waals surface area contributed by atoms with Crippen molar-refractivity contribution >= 4 is 17.3 Å².